The first-order valence-electron chi connectivity index (χ1n) is 47.9. The number of rotatable bonds is 28. The maximum atomic E-state index is 12.7. The van der Waals surface area contributed by atoms with E-state index in [1.165, 1.54) is 0 Å². The maximum Gasteiger partial charge on any atom is 0.183 e. The van der Waals surface area contributed by atoms with Crippen LogP contribution in [0.15, 0.2) is 304 Å². The van der Waals surface area contributed by atoms with Crippen LogP contribution >= 0.6 is 0 Å². The van der Waals surface area contributed by atoms with Crippen molar-refractivity contribution >= 4 is 90.5 Å². The summed E-state index contributed by atoms with van der Waals surface area (Å²) in [4.78, 5) is 114. The summed E-state index contributed by atoms with van der Waals surface area (Å²) in [5.74, 6) is 7.68. The Morgan fingerprint density at radius 3 is 1.08 bits per heavy atom. The molecule has 24 rings (SSSR count). The Morgan fingerprint density at radius 1 is 0.285 bits per heavy atom. The molecule has 33 nitrogen and oxygen atoms in total. The van der Waals surface area contributed by atoms with E-state index in [1.807, 2.05) is 225 Å². The number of imidazole rings is 2. The van der Waals surface area contributed by atoms with E-state index < -0.39 is 0 Å². The third-order valence-electron chi connectivity index (χ3n) is 25.3. The number of morpholine rings is 4. The van der Waals surface area contributed by atoms with Crippen molar-refractivity contribution in [2.45, 2.75) is 51.4 Å². The minimum atomic E-state index is 0.0603. The number of nitrogens with zero attached hydrogens (tertiary/aromatic N) is 17. The summed E-state index contributed by atoms with van der Waals surface area (Å²) in [6.45, 7) is 12.1. The van der Waals surface area contributed by atoms with Crippen LogP contribution in [0.1, 0.15) is 45.3 Å². The molecule has 144 heavy (non-hydrogen) atoms. The van der Waals surface area contributed by atoms with E-state index in [-0.39, 0.29) is 48.8 Å². The number of H-pyrrole nitrogens is 4. The lowest BCUT2D eigenvalue weighted by atomic mass is 10.0. The molecule has 0 spiro atoms. The van der Waals surface area contributed by atoms with Crippen LogP contribution in [0, 0.1) is 0 Å². The molecule has 33 heteroatoms. The second-order valence-electron chi connectivity index (χ2n) is 35.3. The summed E-state index contributed by atoms with van der Waals surface area (Å²) in [5.41, 5.74) is 21.6. The molecule has 0 atom stereocenters. The molecule has 13 aromatic heterocycles. The van der Waals surface area contributed by atoms with E-state index in [4.69, 9.17) is 42.0 Å². The van der Waals surface area contributed by atoms with Crippen LogP contribution in [-0.4, -0.2) is 214 Å². The van der Waals surface area contributed by atoms with Crippen molar-refractivity contribution in [3.05, 3.63) is 331 Å². The average Bonchev–Trinajstić information content (AvgIpc) is 1.65. The number of ketones is 4. The number of hydrogen-bond donors (Lipinski definition) is 4. The van der Waals surface area contributed by atoms with Gasteiger partial charge < -0.3 is 76.6 Å². The highest BCUT2D eigenvalue weighted by Crippen LogP contribution is 2.36. The lowest BCUT2D eigenvalue weighted by Gasteiger charge is -2.28. The lowest BCUT2D eigenvalue weighted by molar-refractivity contribution is -0.118. The van der Waals surface area contributed by atoms with Gasteiger partial charge in [0.25, 0.3) is 0 Å². The van der Waals surface area contributed by atoms with Gasteiger partial charge in [-0.25, -0.2) is 39.9 Å². The summed E-state index contributed by atoms with van der Waals surface area (Å²) >= 11 is 0. The van der Waals surface area contributed by atoms with Gasteiger partial charge in [-0.15, -0.1) is 0 Å². The molecular weight excluding hydrogens is 1820 g/mol. The smallest absolute Gasteiger partial charge is 0.183 e. The van der Waals surface area contributed by atoms with E-state index in [1.54, 1.807) is 37.3 Å². The van der Waals surface area contributed by atoms with Gasteiger partial charge in [-0.3, -0.25) is 24.2 Å². The standard InChI is InChI=1S/C29H26N4O3.C28H25N5O3.2C27H24N6O3/c34-23(17-24-18-28(32-36-24)21-4-2-1-3-5-21)16-20-6-8-22(9-7-20)27-19-25-26(31-27)10-11-30-29(25)33-12-14-35-15-13-33;34-22(15-23-16-26(32-36-23)20-4-2-1-3-5-20)14-19-6-8-21(9-7-19)25-17-24-27(31-25)29-18-30-28(24)33-10-12-35-13-11-33;34-21(16-22-17-24(32-36-22)19-5-8-28-9-6-19)15-18-1-3-20(4-2-18)26-30-23-7-10-29-27(25(23)31-26)33-11-13-35-14-12-33;34-21(15-22-16-23(32-36-22)19-4-2-1-3-5-19)14-18-6-8-20(9-7-18)25-30-24-26(31-25)28-17-29-27(24)33-10-12-35-13-11-33/h1-11,18-19,31H,12-17H2;1-9,16-18H,10-15H2,(H,29,30,31);1-10,17H,11-16H2,(H,30,31);1-9,16-17H,10-15H2,(H,28,29,30,31). The average molecular weight is 1920 g/mol. The number of carbonyl (C=O) groups is 4. The van der Waals surface area contributed by atoms with Gasteiger partial charge in [0.05, 0.1) is 95.0 Å². The minimum Gasteiger partial charge on any atom is -0.378 e. The fourth-order valence-electron chi connectivity index (χ4n) is 17.9. The van der Waals surface area contributed by atoms with Gasteiger partial charge in [0.2, 0.25) is 0 Å². The molecule has 0 aliphatic carbocycles. The van der Waals surface area contributed by atoms with Gasteiger partial charge in [0.1, 0.15) is 122 Å². The minimum absolute atomic E-state index is 0.0603. The molecule has 0 bridgehead atoms. The molecule has 720 valence electrons. The van der Waals surface area contributed by atoms with Crippen LogP contribution in [0.5, 0.6) is 0 Å². The van der Waals surface area contributed by atoms with Crippen LogP contribution in [0.3, 0.4) is 0 Å². The molecular formula is C111H99N21O12. The highest BCUT2D eigenvalue weighted by Gasteiger charge is 2.26. The highest BCUT2D eigenvalue weighted by molar-refractivity contribution is 5.96. The molecule has 4 saturated heterocycles. The fraction of sp³-hybridized carbons (Fsp3) is 0.216. The molecule has 0 unspecified atom stereocenters. The topological polar surface area (TPSA) is 401 Å². The summed E-state index contributed by atoms with van der Waals surface area (Å²) in [5, 5.41) is 18.5. The van der Waals surface area contributed by atoms with E-state index in [2.05, 4.69) is 124 Å². The molecule has 7 aromatic carbocycles. The Hall–Kier alpha value is -17.3. The molecule has 0 radical (unpaired) electrons. The van der Waals surface area contributed by atoms with Crippen LogP contribution < -0.4 is 19.6 Å². The van der Waals surface area contributed by atoms with Gasteiger partial charge in [0.15, 0.2) is 17.3 Å². The Labute approximate surface area is 825 Å². The predicted molar refractivity (Wildman–Crippen MR) is 545 cm³/mol. The number of ether oxygens (including phenoxy) is 4. The summed E-state index contributed by atoms with van der Waals surface area (Å²) in [6.07, 6.45) is 12.3. The second-order valence-corrected chi connectivity index (χ2v) is 35.3. The second kappa shape index (κ2) is 44.0. The number of fused-ring (bicyclic) bond motifs is 4. The zero-order chi connectivity index (χ0) is 97.3. The number of nitrogens with one attached hydrogen (secondary N) is 4. The number of anilines is 4. The van der Waals surface area contributed by atoms with E-state index in [0.717, 1.165) is 228 Å². The van der Waals surface area contributed by atoms with Gasteiger partial charge in [-0.1, -0.05) is 209 Å². The highest BCUT2D eigenvalue weighted by atomic mass is 16.5. The van der Waals surface area contributed by atoms with Crippen molar-refractivity contribution in [3.63, 3.8) is 0 Å². The third-order valence-corrected chi connectivity index (χ3v) is 25.3. The van der Waals surface area contributed by atoms with E-state index in [9.17, 15) is 19.2 Å². The number of carbonyl (C=O) groups excluding carboxylic acids is 4. The van der Waals surface area contributed by atoms with Crippen LogP contribution in [0.2, 0.25) is 0 Å². The van der Waals surface area contributed by atoms with E-state index in [0.29, 0.717) is 106 Å². The number of aromatic amines is 4. The Morgan fingerprint density at radius 2 is 0.639 bits per heavy atom. The maximum absolute atomic E-state index is 12.7. The van der Waals surface area contributed by atoms with Crippen molar-refractivity contribution in [2.24, 2.45) is 0 Å². The van der Waals surface area contributed by atoms with Crippen LogP contribution in [-0.2, 0) is 89.5 Å². The Balaban J connectivity index is 0.000000113. The van der Waals surface area contributed by atoms with Gasteiger partial charge in [0, 0.05) is 177 Å². The first kappa shape index (κ1) is 93.1. The number of Topliss-reactive ketones (excluding diaryl/α,β-unsaturated/α-hetero) is 4. The Bertz CT molecular complexity index is 6860. The molecule has 4 fully saturated rings. The number of pyridine rings is 3. The van der Waals surface area contributed by atoms with Crippen molar-refractivity contribution in [3.8, 4) is 90.3 Å². The first-order valence-corrected chi connectivity index (χ1v) is 47.9. The molecule has 17 heterocycles. The summed E-state index contributed by atoms with van der Waals surface area (Å²) in [6, 6.07) is 80.4. The van der Waals surface area contributed by atoms with Gasteiger partial charge >= 0.3 is 0 Å². The van der Waals surface area contributed by atoms with Gasteiger partial charge in [-0.05, 0) is 69.8 Å². The molecule has 0 saturated carbocycles. The van der Waals surface area contributed by atoms with Gasteiger partial charge in [-0.2, -0.15) is 0 Å². The van der Waals surface area contributed by atoms with Crippen molar-refractivity contribution < 1.29 is 56.2 Å². The molecule has 0 amide bonds. The lowest BCUT2D eigenvalue weighted by Crippen LogP contribution is -2.36. The molecule has 4 aliphatic rings. The fourth-order valence-corrected chi connectivity index (χ4v) is 17.9. The van der Waals surface area contributed by atoms with E-state index >= 15 is 0 Å². The normalized spacial score (nSPS) is 13.8. The zero-order valence-electron chi connectivity index (χ0n) is 78.6. The van der Waals surface area contributed by atoms with Crippen molar-refractivity contribution in [1.82, 2.24) is 85.4 Å². The number of benzene rings is 7. The van der Waals surface area contributed by atoms with Crippen molar-refractivity contribution in [2.75, 3.05) is 125 Å². The third kappa shape index (κ3) is 22.6. The SMILES string of the molecule is O=C(Cc1ccc(-c2cc3c(N4CCOCC4)nccc3[nH]2)cc1)Cc1cc(-c2ccccc2)no1.O=C(Cc1ccc(-c2cc3c(N4CCOCC4)ncnc3[nH]2)cc1)Cc1cc(-c2ccccc2)no1.O=C(Cc1ccc(-c2nc3c(N4CCOCC4)nccc3[nH]2)cc1)Cc1cc(-c2ccncc2)no1.O=C(Cc1ccc(-c2nc3ncnc(N4CCOCC4)c3[nH]2)cc1)Cc1cc(-c2ccccc2)no1. The number of hydrogen-bond acceptors (Lipinski definition) is 29. The monoisotopic (exact) mass is 1920 g/mol. The molecule has 4 aliphatic heterocycles. The molecule has 4 N–H and O–H groups in total. The first-order chi connectivity index (χ1) is 70.9. The largest absolute Gasteiger partial charge is 0.378 e. The quantitative estimate of drug-likeness (QED) is 0.0354. The van der Waals surface area contributed by atoms with Crippen LogP contribution in [0.4, 0.5) is 23.3 Å². The summed E-state index contributed by atoms with van der Waals surface area (Å²) < 4.78 is 43.4. The van der Waals surface area contributed by atoms with Crippen molar-refractivity contribution in [1.29, 1.82) is 0 Å². The summed E-state index contributed by atoms with van der Waals surface area (Å²) in [7, 11) is 0. The predicted octanol–water partition coefficient (Wildman–Crippen LogP) is 17.3. The Kier molecular flexibility index (Phi) is 28.5. The zero-order valence-corrected chi connectivity index (χ0v) is 78.6. The number of aromatic nitrogens is 17. The molecule has 20 aromatic rings. The van der Waals surface area contributed by atoms with Crippen LogP contribution in [0.25, 0.3) is 134 Å².